The van der Waals surface area contributed by atoms with E-state index in [2.05, 4.69) is 6.92 Å². The quantitative estimate of drug-likeness (QED) is 0.185. The van der Waals surface area contributed by atoms with Gasteiger partial charge < -0.3 is 14.3 Å². The molecule has 1 N–H and O–H groups in total. The lowest BCUT2D eigenvalue weighted by Gasteiger charge is -2.10. The van der Waals surface area contributed by atoms with E-state index in [-0.39, 0.29) is 5.75 Å². The molecule has 0 aliphatic carbocycles. The Balaban J connectivity index is 1.45. The molecule has 2 aromatic rings. The van der Waals surface area contributed by atoms with Crippen molar-refractivity contribution in [1.82, 2.24) is 0 Å². The van der Waals surface area contributed by atoms with Crippen LogP contribution in [0.1, 0.15) is 115 Å². The standard InChI is InChI=1S/C28H44O4/c1-3-4-5-6-7-8-9-10-11-12-13-14-15-16-17-18-19-31-26-21-24-25(29)22-28(30)32-27(24)20-23(26)2/h20-22,29H,3-19H2,1-2H3. The predicted molar refractivity (Wildman–Crippen MR) is 134 cm³/mol. The van der Waals surface area contributed by atoms with E-state index in [1.807, 2.05) is 6.92 Å². The second-order valence-electron chi connectivity index (χ2n) is 9.22. The molecule has 0 atom stereocenters. The number of hydrogen-bond donors (Lipinski definition) is 1. The first-order valence-electron chi connectivity index (χ1n) is 13.0. The molecule has 0 spiro atoms. The van der Waals surface area contributed by atoms with Crippen LogP contribution in [0.2, 0.25) is 0 Å². The minimum absolute atomic E-state index is 0.0662. The lowest BCUT2D eigenvalue weighted by Crippen LogP contribution is -2.00. The van der Waals surface area contributed by atoms with Gasteiger partial charge >= 0.3 is 5.63 Å². The Morgan fingerprint density at radius 3 is 1.78 bits per heavy atom. The second-order valence-corrected chi connectivity index (χ2v) is 9.22. The molecule has 0 unspecified atom stereocenters. The van der Waals surface area contributed by atoms with Gasteiger partial charge in [0, 0.05) is 0 Å². The first kappa shape index (κ1) is 26.3. The van der Waals surface area contributed by atoms with Gasteiger partial charge in [-0.05, 0) is 31.0 Å². The van der Waals surface area contributed by atoms with Crippen LogP contribution in [0.25, 0.3) is 11.0 Å². The summed E-state index contributed by atoms with van der Waals surface area (Å²) in [7, 11) is 0. The lowest BCUT2D eigenvalue weighted by molar-refractivity contribution is 0.302. The lowest BCUT2D eigenvalue weighted by atomic mass is 10.0. The Labute approximate surface area is 194 Å². The molecule has 1 heterocycles. The summed E-state index contributed by atoms with van der Waals surface area (Å²) in [5.41, 5.74) is 0.751. The molecule has 0 saturated heterocycles. The van der Waals surface area contributed by atoms with Crippen molar-refractivity contribution >= 4 is 11.0 Å². The minimum atomic E-state index is -0.545. The zero-order chi connectivity index (χ0) is 23.0. The number of aromatic hydroxyl groups is 1. The second kappa shape index (κ2) is 15.8. The highest BCUT2D eigenvalue weighted by atomic mass is 16.5. The van der Waals surface area contributed by atoms with Crippen LogP contribution in [0.3, 0.4) is 0 Å². The maximum Gasteiger partial charge on any atom is 0.339 e. The monoisotopic (exact) mass is 444 g/mol. The van der Waals surface area contributed by atoms with Gasteiger partial charge in [-0.15, -0.1) is 0 Å². The summed E-state index contributed by atoms with van der Waals surface area (Å²) in [4.78, 5) is 11.4. The minimum Gasteiger partial charge on any atom is -0.507 e. The zero-order valence-electron chi connectivity index (χ0n) is 20.4. The van der Waals surface area contributed by atoms with Crippen molar-refractivity contribution in [3.8, 4) is 11.5 Å². The Bertz CT molecular complexity index is 824. The van der Waals surface area contributed by atoms with Crippen molar-refractivity contribution in [3.63, 3.8) is 0 Å². The molecular formula is C28H44O4. The van der Waals surface area contributed by atoms with E-state index in [0.29, 0.717) is 17.6 Å². The summed E-state index contributed by atoms with van der Waals surface area (Å²) in [5, 5.41) is 10.5. The first-order valence-corrected chi connectivity index (χ1v) is 13.0. The average Bonchev–Trinajstić information content (AvgIpc) is 2.76. The van der Waals surface area contributed by atoms with Gasteiger partial charge in [-0.2, -0.15) is 0 Å². The van der Waals surface area contributed by atoms with Gasteiger partial charge in [0.15, 0.2) is 0 Å². The van der Waals surface area contributed by atoms with Crippen LogP contribution in [-0.4, -0.2) is 11.7 Å². The molecule has 4 nitrogen and oxygen atoms in total. The van der Waals surface area contributed by atoms with Crippen molar-refractivity contribution in [3.05, 3.63) is 34.2 Å². The van der Waals surface area contributed by atoms with E-state index in [1.54, 1.807) is 12.1 Å². The van der Waals surface area contributed by atoms with Gasteiger partial charge in [0.25, 0.3) is 0 Å². The summed E-state index contributed by atoms with van der Waals surface area (Å²) in [6.07, 6.45) is 21.7. The number of ether oxygens (including phenoxy) is 1. The van der Waals surface area contributed by atoms with Gasteiger partial charge in [-0.25, -0.2) is 4.79 Å². The number of unbranched alkanes of at least 4 members (excludes halogenated alkanes) is 15. The highest BCUT2D eigenvalue weighted by Crippen LogP contribution is 2.30. The molecule has 180 valence electrons. The average molecular weight is 445 g/mol. The molecule has 0 saturated carbocycles. The van der Waals surface area contributed by atoms with Crippen molar-refractivity contribution in [2.45, 2.75) is 117 Å². The van der Waals surface area contributed by atoms with Crippen LogP contribution in [0, 0.1) is 6.92 Å². The molecule has 1 aromatic heterocycles. The molecule has 0 amide bonds. The summed E-state index contributed by atoms with van der Waals surface area (Å²) >= 11 is 0. The van der Waals surface area contributed by atoms with E-state index in [0.717, 1.165) is 23.8 Å². The number of aryl methyl sites for hydroxylation is 1. The van der Waals surface area contributed by atoms with Crippen LogP contribution in [-0.2, 0) is 0 Å². The summed E-state index contributed by atoms with van der Waals surface area (Å²) in [6.45, 7) is 4.87. The fourth-order valence-electron chi connectivity index (χ4n) is 4.26. The van der Waals surface area contributed by atoms with Crippen LogP contribution in [0.15, 0.2) is 27.4 Å². The van der Waals surface area contributed by atoms with Gasteiger partial charge in [-0.3, -0.25) is 0 Å². The highest BCUT2D eigenvalue weighted by Gasteiger charge is 2.09. The third-order valence-corrected chi connectivity index (χ3v) is 6.27. The number of hydrogen-bond acceptors (Lipinski definition) is 4. The molecule has 0 aliphatic heterocycles. The zero-order valence-corrected chi connectivity index (χ0v) is 20.4. The smallest absolute Gasteiger partial charge is 0.339 e. The van der Waals surface area contributed by atoms with E-state index in [4.69, 9.17) is 9.15 Å². The van der Waals surface area contributed by atoms with Crippen molar-refractivity contribution in [2.24, 2.45) is 0 Å². The molecule has 4 heteroatoms. The summed E-state index contributed by atoms with van der Waals surface area (Å²) in [5.74, 6) is 0.672. The molecule has 2 rings (SSSR count). The highest BCUT2D eigenvalue weighted by molar-refractivity contribution is 5.85. The van der Waals surface area contributed by atoms with Crippen molar-refractivity contribution in [1.29, 1.82) is 0 Å². The van der Waals surface area contributed by atoms with E-state index in [9.17, 15) is 9.90 Å². The van der Waals surface area contributed by atoms with Crippen LogP contribution in [0.5, 0.6) is 11.5 Å². The van der Waals surface area contributed by atoms with Gasteiger partial charge in [-0.1, -0.05) is 103 Å². The normalized spacial score (nSPS) is 11.3. The SMILES string of the molecule is CCCCCCCCCCCCCCCCCCOc1cc2c(O)cc(=O)oc2cc1C. The van der Waals surface area contributed by atoms with Gasteiger partial charge in [0.2, 0.25) is 0 Å². The maximum atomic E-state index is 11.4. The van der Waals surface area contributed by atoms with Crippen molar-refractivity contribution < 1.29 is 14.3 Å². The Hall–Kier alpha value is -1.97. The Kier molecular flexibility index (Phi) is 13.0. The Morgan fingerprint density at radius 1 is 0.750 bits per heavy atom. The third kappa shape index (κ3) is 10.1. The predicted octanol–water partition coefficient (Wildman–Crippen LogP) is 8.45. The van der Waals surface area contributed by atoms with Crippen LogP contribution >= 0.6 is 0 Å². The Morgan fingerprint density at radius 2 is 1.25 bits per heavy atom. The molecule has 0 bridgehead atoms. The number of rotatable bonds is 18. The van der Waals surface area contributed by atoms with Gasteiger partial charge in [0.05, 0.1) is 18.1 Å². The van der Waals surface area contributed by atoms with Crippen molar-refractivity contribution in [2.75, 3.05) is 6.61 Å². The largest absolute Gasteiger partial charge is 0.507 e. The van der Waals surface area contributed by atoms with E-state index < -0.39 is 5.63 Å². The molecule has 0 fully saturated rings. The molecule has 0 radical (unpaired) electrons. The van der Waals surface area contributed by atoms with E-state index in [1.165, 1.54) is 96.3 Å². The number of benzene rings is 1. The molecule has 32 heavy (non-hydrogen) atoms. The van der Waals surface area contributed by atoms with Crippen LogP contribution in [0.4, 0.5) is 0 Å². The fraction of sp³-hybridized carbons (Fsp3) is 0.679. The topological polar surface area (TPSA) is 59.7 Å². The molecular weight excluding hydrogens is 400 g/mol. The van der Waals surface area contributed by atoms with Gasteiger partial charge in [0.1, 0.15) is 17.1 Å². The first-order chi connectivity index (χ1) is 15.6. The molecule has 0 aliphatic rings. The summed E-state index contributed by atoms with van der Waals surface area (Å²) < 4.78 is 11.1. The maximum absolute atomic E-state index is 11.4. The fourth-order valence-corrected chi connectivity index (χ4v) is 4.26. The van der Waals surface area contributed by atoms with E-state index >= 15 is 0 Å². The molecule has 1 aromatic carbocycles. The number of fused-ring (bicyclic) bond motifs is 1. The van der Waals surface area contributed by atoms with Crippen LogP contribution < -0.4 is 10.4 Å². The summed E-state index contributed by atoms with van der Waals surface area (Å²) in [6, 6.07) is 4.60. The third-order valence-electron chi connectivity index (χ3n) is 6.27.